The lowest BCUT2D eigenvalue weighted by molar-refractivity contribution is -0.137. The van der Waals surface area contributed by atoms with Crippen LogP contribution in [0.1, 0.15) is 16.7 Å². The van der Waals surface area contributed by atoms with Crippen molar-refractivity contribution in [2.45, 2.75) is 17.5 Å². The van der Waals surface area contributed by atoms with Crippen LogP contribution in [-0.2, 0) is 27.4 Å². The summed E-state index contributed by atoms with van der Waals surface area (Å²) in [7, 11) is -4.36. The summed E-state index contributed by atoms with van der Waals surface area (Å²) < 4.78 is 67.1. The minimum Gasteiger partial charge on any atom is -0.508 e. The van der Waals surface area contributed by atoms with Gasteiger partial charge < -0.3 is 15.4 Å². The molecule has 0 aliphatic carbocycles. The molecule has 0 saturated carbocycles. The fraction of sp³-hybridized carbons (Fsp3) is 0.107. The molecular formula is C28H22F3N3O4S. The number of hydrogen-bond donors (Lipinski definition) is 3. The number of halogens is 3. The van der Waals surface area contributed by atoms with E-state index in [-0.39, 0.29) is 11.3 Å². The molecule has 0 spiro atoms. The zero-order chi connectivity index (χ0) is 27.8. The SMILES string of the molecule is O=C(/C=C/c1cn(S(=O)(=O)c2cccc(C(F)(F)F)c2)c2ccccc12)NCCc1c[nH]c2ccc(O)cc12. The minimum atomic E-state index is -4.69. The van der Waals surface area contributed by atoms with E-state index in [9.17, 15) is 31.5 Å². The first kappa shape index (κ1) is 26.1. The summed E-state index contributed by atoms with van der Waals surface area (Å²) in [6.07, 6.45) is 1.64. The summed E-state index contributed by atoms with van der Waals surface area (Å²) in [6, 6.07) is 15.1. The van der Waals surface area contributed by atoms with Gasteiger partial charge in [0.1, 0.15) is 5.75 Å². The molecule has 3 N–H and O–H groups in total. The number of aromatic nitrogens is 2. The molecule has 0 aliphatic heterocycles. The third-order valence-electron chi connectivity index (χ3n) is 6.29. The number of nitrogens with zero attached hydrogens (tertiary/aromatic N) is 1. The van der Waals surface area contributed by atoms with Gasteiger partial charge in [-0.3, -0.25) is 4.79 Å². The van der Waals surface area contributed by atoms with Gasteiger partial charge in [0, 0.05) is 46.9 Å². The number of alkyl halides is 3. The number of fused-ring (bicyclic) bond motifs is 2. The Bertz CT molecular complexity index is 1840. The Hall–Kier alpha value is -4.51. The molecule has 1 amide bonds. The van der Waals surface area contributed by atoms with Gasteiger partial charge in [0.05, 0.1) is 16.0 Å². The normalized spacial score (nSPS) is 12.5. The predicted molar refractivity (Wildman–Crippen MR) is 142 cm³/mol. The van der Waals surface area contributed by atoms with E-state index >= 15 is 0 Å². The van der Waals surface area contributed by atoms with Crippen LogP contribution in [-0.4, -0.2) is 34.9 Å². The monoisotopic (exact) mass is 553 g/mol. The van der Waals surface area contributed by atoms with Crippen LogP contribution in [0.25, 0.3) is 27.9 Å². The summed E-state index contributed by atoms with van der Waals surface area (Å²) in [5.41, 5.74) is 1.39. The maximum atomic E-state index is 13.3. The average Bonchev–Trinajstić information content (AvgIpc) is 3.48. The zero-order valence-electron chi connectivity index (χ0n) is 20.2. The topological polar surface area (TPSA) is 104 Å². The lowest BCUT2D eigenvalue weighted by Gasteiger charge is -2.11. The van der Waals surface area contributed by atoms with E-state index in [1.807, 2.05) is 6.20 Å². The summed E-state index contributed by atoms with van der Waals surface area (Å²) in [5, 5.41) is 13.9. The highest BCUT2D eigenvalue weighted by molar-refractivity contribution is 7.90. The van der Waals surface area contributed by atoms with Crippen molar-refractivity contribution in [3.8, 4) is 5.75 Å². The van der Waals surface area contributed by atoms with Crippen LogP contribution in [0.15, 0.2) is 90.1 Å². The predicted octanol–water partition coefficient (Wildman–Crippen LogP) is 5.46. The summed E-state index contributed by atoms with van der Waals surface area (Å²) >= 11 is 0. The maximum absolute atomic E-state index is 13.3. The average molecular weight is 554 g/mol. The van der Waals surface area contributed by atoms with Crippen molar-refractivity contribution in [2.24, 2.45) is 0 Å². The number of phenols is 1. The van der Waals surface area contributed by atoms with Gasteiger partial charge in [-0.15, -0.1) is 0 Å². The van der Waals surface area contributed by atoms with Crippen LogP contribution in [0.4, 0.5) is 13.2 Å². The first-order chi connectivity index (χ1) is 18.5. The molecule has 0 saturated heterocycles. The molecule has 3 aromatic carbocycles. The first-order valence-corrected chi connectivity index (χ1v) is 13.3. The molecule has 0 fully saturated rings. The van der Waals surface area contributed by atoms with Crippen molar-refractivity contribution < 1.29 is 31.5 Å². The number of nitrogens with one attached hydrogen (secondary N) is 2. The van der Waals surface area contributed by atoms with Gasteiger partial charge in [-0.25, -0.2) is 12.4 Å². The van der Waals surface area contributed by atoms with Gasteiger partial charge in [-0.2, -0.15) is 13.2 Å². The number of aromatic hydroxyl groups is 1. The molecule has 0 unspecified atom stereocenters. The van der Waals surface area contributed by atoms with Gasteiger partial charge in [0.15, 0.2) is 0 Å². The molecule has 2 aromatic heterocycles. The quantitative estimate of drug-likeness (QED) is 0.233. The van der Waals surface area contributed by atoms with Crippen LogP contribution < -0.4 is 5.32 Å². The molecule has 0 bridgehead atoms. The molecule has 7 nitrogen and oxygen atoms in total. The number of H-pyrrole nitrogens is 1. The van der Waals surface area contributed by atoms with Gasteiger partial charge in [-0.1, -0.05) is 24.3 Å². The van der Waals surface area contributed by atoms with Crippen LogP contribution in [0, 0.1) is 0 Å². The number of hydrogen-bond acceptors (Lipinski definition) is 4. The molecule has 2 heterocycles. The van der Waals surface area contributed by atoms with Gasteiger partial charge in [0.25, 0.3) is 10.0 Å². The second-order valence-corrected chi connectivity index (χ2v) is 10.7. The Kier molecular flexibility index (Phi) is 6.69. The Morgan fingerprint density at radius 3 is 2.62 bits per heavy atom. The number of rotatable bonds is 7. The van der Waals surface area contributed by atoms with Gasteiger partial charge in [-0.05, 0) is 60.5 Å². The number of aromatic amines is 1. The van der Waals surface area contributed by atoms with Crippen molar-refractivity contribution in [3.05, 3.63) is 102 Å². The first-order valence-electron chi connectivity index (χ1n) is 11.8. The summed E-state index contributed by atoms with van der Waals surface area (Å²) in [6.45, 7) is 0.317. The van der Waals surface area contributed by atoms with E-state index in [0.717, 1.165) is 38.6 Å². The molecule has 11 heteroatoms. The van der Waals surface area contributed by atoms with Crippen molar-refractivity contribution in [1.82, 2.24) is 14.3 Å². The fourth-order valence-corrected chi connectivity index (χ4v) is 5.80. The molecule has 5 rings (SSSR count). The van der Waals surface area contributed by atoms with Crippen molar-refractivity contribution >= 4 is 43.8 Å². The molecule has 39 heavy (non-hydrogen) atoms. The molecule has 0 aliphatic rings. The van der Waals surface area contributed by atoms with Crippen LogP contribution >= 0.6 is 0 Å². The Balaban J connectivity index is 1.36. The van der Waals surface area contributed by atoms with Crippen molar-refractivity contribution in [2.75, 3.05) is 6.54 Å². The molecule has 200 valence electrons. The van der Waals surface area contributed by atoms with Crippen molar-refractivity contribution in [3.63, 3.8) is 0 Å². The number of benzene rings is 3. The second kappa shape index (κ2) is 9.99. The van der Waals surface area contributed by atoms with Crippen LogP contribution in [0.5, 0.6) is 5.75 Å². The van der Waals surface area contributed by atoms with E-state index in [1.54, 1.807) is 36.4 Å². The Morgan fingerprint density at radius 2 is 1.82 bits per heavy atom. The zero-order valence-corrected chi connectivity index (χ0v) is 21.1. The highest BCUT2D eigenvalue weighted by Gasteiger charge is 2.32. The minimum absolute atomic E-state index is 0.143. The van der Waals surface area contributed by atoms with Gasteiger partial charge in [0.2, 0.25) is 5.91 Å². The highest BCUT2D eigenvalue weighted by Crippen LogP contribution is 2.32. The third-order valence-corrected chi connectivity index (χ3v) is 7.96. The Morgan fingerprint density at radius 1 is 1.03 bits per heavy atom. The number of carbonyl (C=O) groups is 1. The highest BCUT2D eigenvalue weighted by atomic mass is 32.2. The van der Waals surface area contributed by atoms with E-state index in [0.29, 0.717) is 30.0 Å². The molecule has 5 aromatic rings. The summed E-state index contributed by atoms with van der Waals surface area (Å²) in [4.78, 5) is 15.1. The van der Waals surface area contributed by atoms with Crippen LogP contribution in [0.2, 0.25) is 0 Å². The largest absolute Gasteiger partial charge is 0.508 e. The van der Waals surface area contributed by atoms with Gasteiger partial charge >= 0.3 is 6.18 Å². The van der Waals surface area contributed by atoms with Crippen molar-refractivity contribution in [1.29, 1.82) is 0 Å². The third kappa shape index (κ3) is 5.26. The molecular weight excluding hydrogens is 531 g/mol. The van der Waals surface area contributed by atoms with E-state index < -0.39 is 32.6 Å². The van der Waals surface area contributed by atoms with E-state index in [4.69, 9.17) is 0 Å². The lowest BCUT2D eigenvalue weighted by Crippen LogP contribution is -2.23. The number of phenolic OH excluding ortho intramolecular Hbond substituents is 1. The number of para-hydroxylation sites is 1. The molecule has 0 radical (unpaired) electrons. The van der Waals surface area contributed by atoms with E-state index in [2.05, 4.69) is 10.3 Å². The summed E-state index contributed by atoms with van der Waals surface area (Å²) in [5.74, 6) is -0.264. The number of amides is 1. The standard InChI is InChI=1S/C28H22F3N3O4S/c29-28(30,31)20-4-3-5-22(14-20)39(37,38)34-17-19(23-6-1-2-7-26(23)34)8-11-27(36)32-13-12-18-16-33-25-10-9-21(35)15-24(18)25/h1-11,14-17,33,35H,12-13H2,(H,32,36)/b11-8+. The molecule has 0 atom stereocenters. The fourth-order valence-electron chi connectivity index (χ4n) is 4.37. The second-order valence-electron chi connectivity index (χ2n) is 8.85. The smallest absolute Gasteiger partial charge is 0.416 e. The maximum Gasteiger partial charge on any atom is 0.416 e. The van der Waals surface area contributed by atoms with E-state index in [1.165, 1.54) is 24.4 Å². The number of carbonyl (C=O) groups excluding carboxylic acids is 1. The lowest BCUT2D eigenvalue weighted by atomic mass is 10.1. The Labute approximate surface area is 221 Å². The van der Waals surface area contributed by atoms with Crippen LogP contribution in [0.3, 0.4) is 0 Å².